The van der Waals surface area contributed by atoms with E-state index in [0.717, 1.165) is 45.1 Å². The molecule has 3 aliphatic heterocycles. The van der Waals surface area contributed by atoms with Crippen LogP contribution in [0, 0.1) is 11.8 Å². The molecule has 0 radical (unpaired) electrons. The molecule has 4 heterocycles. The van der Waals surface area contributed by atoms with Gasteiger partial charge in [-0.25, -0.2) is 9.78 Å². The third-order valence-electron chi connectivity index (χ3n) is 7.87. The third-order valence-corrected chi connectivity index (χ3v) is 7.87. The number of benzene rings is 1. The molecule has 0 saturated carbocycles. The minimum atomic E-state index is -1.05. The molecular weight excluding hydrogens is 482 g/mol. The van der Waals surface area contributed by atoms with Crippen LogP contribution in [-0.2, 0) is 14.3 Å². The minimum absolute atomic E-state index is 0.0581. The Morgan fingerprint density at radius 3 is 2.37 bits per heavy atom. The molecule has 202 valence electrons. The molecule has 0 aliphatic carbocycles. The molecule has 1 N–H and O–H groups in total. The smallest absolute Gasteiger partial charge is 0.328 e. The fraction of sp³-hybridized carbons (Fsp3) is 0.517. The number of carboxylic acids is 1. The van der Waals surface area contributed by atoms with E-state index in [0.29, 0.717) is 50.0 Å². The van der Waals surface area contributed by atoms with Crippen LogP contribution in [0.4, 0.5) is 17.2 Å². The van der Waals surface area contributed by atoms with Crippen LogP contribution in [0.1, 0.15) is 44.2 Å². The molecule has 0 unspecified atom stereocenters. The Hall–Kier alpha value is -3.46. The number of aromatic nitrogens is 2. The Labute approximate surface area is 224 Å². The molecular formula is C29H37N5O4. The van der Waals surface area contributed by atoms with Crippen LogP contribution in [0.5, 0.6) is 0 Å². The van der Waals surface area contributed by atoms with Gasteiger partial charge in [0.1, 0.15) is 0 Å². The molecule has 3 aliphatic rings. The van der Waals surface area contributed by atoms with E-state index >= 15 is 0 Å². The van der Waals surface area contributed by atoms with Gasteiger partial charge in [-0.1, -0.05) is 6.07 Å². The fourth-order valence-corrected chi connectivity index (χ4v) is 5.69. The van der Waals surface area contributed by atoms with E-state index < -0.39 is 5.97 Å². The molecule has 3 fully saturated rings. The van der Waals surface area contributed by atoms with Crippen LogP contribution in [0.2, 0.25) is 0 Å². The predicted molar refractivity (Wildman–Crippen MR) is 147 cm³/mol. The molecule has 5 rings (SSSR count). The number of anilines is 3. The number of carbonyl (C=O) groups is 2. The van der Waals surface area contributed by atoms with Crippen molar-refractivity contribution in [1.29, 1.82) is 0 Å². The molecule has 1 aromatic carbocycles. The van der Waals surface area contributed by atoms with Gasteiger partial charge in [0, 0.05) is 69.3 Å². The summed E-state index contributed by atoms with van der Waals surface area (Å²) in [6.07, 6.45) is 11.5. The molecule has 0 atom stereocenters. The summed E-state index contributed by atoms with van der Waals surface area (Å²) in [5, 5.41) is 8.98. The van der Waals surface area contributed by atoms with E-state index in [1.165, 1.54) is 36.5 Å². The molecule has 1 amide bonds. The first-order valence-electron chi connectivity index (χ1n) is 13.8. The number of piperidine rings is 1. The second kappa shape index (κ2) is 12.4. The van der Waals surface area contributed by atoms with Crippen molar-refractivity contribution in [2.75, 3.05) is 60.6 Å². The summed E-state index contributed by atoms with van der Waals surface area (Å²) in [5.74, 6) is -0.267. The number of hydrogen-bond acceptors (Lipinski definition) is 7. The molecule has 38 heavy (non-hydrogen) atoms. The van der Waals surface area contributed by atoms with Gasteiger partial charge in [0.15, 0.2) is 5.82 Å². The van der Waals surface area contributed by atoms with E-state index in [2.05, 4.69) is 44.0 Å². The van der Waals surface area contributed by atoms with E-state index in [4.69, 9.17) is 9.84 Å². The van der Waals surface area contributed by atoms with Gasteiger partial charge in [-0.2, -0.15) is 0 Å². The summed E-state index contributed by atoms with van der Waals surface area (Å²) in [6.45, 7) is 5.93. The lowest BCUT2D eigenvalue weighted by Gasteiger charge is -2.37. The average Bonchev–Trinajstić information content (AvgIpc) is 3.51. The van der Waals surface area contributed by atoms with E-state index in [-0.39, 0.29) is 11.8 Å². The monoisotopic (exact) mass is 519 g/mol. The SMILES string of the molecule is O=C(O)/C=C/c1cncc(N(CC2CCN(c3cccc(N4CCCC4)c3)CC2)C(=O)C2CCOCC2)n1. The zero-order valence-electron chi connectivity index (χ0n) is 21.9. The molecule has 0 spiro atoms. The third kappa shape index (κ3) is 6.51. The largest absolute Gasteiger partial charge is 0.478 e. The lowest BCUT2D eigenvalue weighted by molar-refractivity contribution is -0.131. The zero-order valence-corrected chi connectivity index (χ0v) is 21.9. The summed E-state index contributed by atoms with van der Waals surface area (Å²) in [4.78, 5) is 40.2. The topological polar surface area (TPSA) is 99.1 Å². The van der Waals surface area contributed by atoms with Crippen molar-refractivity contribution < 1.29 is 19.4 Å². The van der Waals surface area contributed by atoms with Crippen molar-refractivity contribution in [3.05, 3.63) is 48.4 Å². The molecule has 9 nitrogen and oxygen atoms in total. The summed E-state index contributed by atoms with van der Waals surface area (Å²) < 4.78 is 5.48. The summed E-state index contributed by atoms with van der Waals surface area (Å²) in [5.41, 5.74) is 3.00. The number of ether oxygens (including phenoxy) is 1. The maximum absolute atomic E-state index is 13.7. The first-order valence-corrected chi connectivity index (χ1v) is 13.8. The van der Waals surface area contributed by atoms with Gasteiger partial charge in [-0.05, 0) is 68.7 Å². The van der Waals surface area contributed by atoms with Gasteiger partial charge in [-0.15, -0.1) is 0 Å². The highest BCUT2D eigenvalue weighted by molar-refractivity contribution is 5.94. The van der Waals surface area contributed by atoms with Gasteiger partial charge in [0.05, 0.1) is 18.1 Å². The maximum atomic E-state index is 13.7. The number of carboxylic acid groups (broad SMARTS) is 1. The van der Waals surface area contributed by atoms with Crippen LogP contribution < -0.4 is 14.7 Å². The highest BCUT2D eigenvalue weighted by Gasteiger charge is 2.31. The van der Waals surface area contributed by atoms with Crippen molar-refractivity contribution in [3.63, 3.8) is 0 Å². The van der Waals surface area contributed by atoms with Crippen molar-refractivity contribution >= 4 is 35.1 Å². The Kier molecular flexibility index (Phi) is 8.53. The van der Waals surface area contributed by atoms with E-state index in [1.54, 1.807) is 11.1 Å². The van der Waals surface area contributed by atoms with Crippen molar-refractivity contribution in [3.8, 4) is 0 Å². The number of carbonyl (C=O) groups excluding carboxylic acids is 1. The van der Waals surface area contributed by atoms with Crippen molar-refractivity contribution in [2.24, 2.45) is 11.8 Å². The van der Waals surface area contributed by atoms with Gasteiger partial charge in [-0.3, -0.25) is 14.7 Å². The zero-order chi connectivity index (χ0) is 26.3. The first-order chi connectivity index (χ1) is 18.6. The van der Waals surface area contributed by atoms with Gasteiger partial charge in [0.25, 0.3) is 0 Å². The molecule has 9 heteroatoms. The van der Waals surface area contributed by atoms with Crippen LogP contribution in [0.15, 0.2) is 42.7 Å². The highest BCUT2D eigenvalue weighted by atomic mass is 16.5. The Morgan fingerprint density at radius 2 is 1.68 bits per heavy atom. The quantitative estimate of drug-likeness (QED) is 0.525. The van der Waals surface area contributed by atoms with E-state index in [9.17, 15) is 9.59 Å². The van der Waals surface area contributed by atoms with Gasteiger partial charge >= 0.3 is 5.97 Å². The molecule has 3 saturated heterocycles. The second-order valence-electron chi connectivity index (χ2n) is 10.5. The minimum Gasteiger partial charge on any atom is -0.478 e. The Morgan fingerprint density at radius 1 is 1.00 bits per heavy atom. The normalized spacial score (nSPS) is 19.3. The summed E-state index contributed by atoms with van der Waals surface area (Å²) in [6, 6.07) is 8.89. The highest BCUT2D eigenvalue weighted by Crippen LogP contribution is 2.30. The van der Waals surface area contributed by atoms with Gasteiger partial charge < -0.3 is 19.6 Å². The first kappa shape index (κ1) is 26.2. The van der Waals surface area contributed by atoms with Gasteiger partial charge in [0.2, 0.25) is 5.91 Å². The average molecular weight is 520 g/mol. The molecule has 2 aromatic rings. The van der Waals surface area contributed by atoms with E-state index in [1.807, 2.05) is 0 Å². The predicted octanol–water partition coefficient (Wildman–Crippen LogP) is 3.85. The second-order valence-corrected chi connectivity index (χ2v) is 10.5. The molecule has 0 bridgehead atoms. The van der Waals surface area contributed by atoms with Crippen LogP contribution >= 0.6 is 0 Å². The van der Waals surface area contributed by atoms with Crippen LogP contribution in [0.25, 0.3) is 6.08 Å². The van der Waals surface area contributed by atoms with Crippen LogP contribution in [-0.4, -0.2) is 72.9 Å². The summed E-state index contributed by atoms with van der Waals surface area (Å²) in [7, 11) is 0. The number of amides is 1. The number of nitrogens with zero attached hydrogens (tertiary/aromatic N) is 5. The summed E-state index contributed by atoms with van der Waals surface area (Å²) >= 11 is 0. The number of aliphatic carboxylic acids is 1. The van der Waals surface area contributed by atoms with Crippen molar-refractivity contribution in [1.82, 2.24) is 9.97 Å². The number of hydrogen-bond donors (Lipinski definition) is 1. The Bertz CT molecular complexity index is 1140. The number of rotatable bonds is 8. The lowest BCUT2D eigenvalue weighted by Crippen LogP contribution is -2.44. The lowest BCUT2D eigenvalue weighted by atomic mass is 9.93. The maximum Gasteiger partial charge on any atom is 0.328 e. The van der Waals surface area contributed by atoms with Crippen molar-refractivity contribution in [2.45, 2.75) is 38.5 Å². The molecule has 1 aromatic heterocycles. The Balaban J connectivity index is 1.28. The standard InChI is InChI=1S/C29H37N5O4/c35-28(36)7-6-24-19-30-20-27(31-24)34(29(37)23-10-16-38-17-11-23)21-22-8-14-33(15-9-22)26-5-3-4-25(18-26)32-12-1-2-13-32/h3-7,18-20,22-23H,1-2,8-17,21H2,(H,35,36)/b7-6+. The van der Waals surface area contributed by atoms with Crippen LogP contribution in [0.3, 0.4) is 0 Å². The fourth-order valence-electron chi connectivity index (χ4n) is 5.69.